The van der Waals surface area contributed by atoms with Gasteiger partial charge in [-0.15, -0.1) is 0 Å². The Bertz CT molecular complexity index is 465. The fraction of sp³-hybridized carbons (Fsp3) is 0.562. The first-order chi connectivity index (χ1) is 9.69. The molecule has 0 radical (unpaired) electrons. The van der Waals surface area contributed by atoms with Crippen LogP contribution in [0.5, 0.6) is 0 Å². The van der Waals surface area contributed by atoms with E-state index in [2.05, 4.69) is 12.1 Å². The molecule has 4 nitrogen and oxygen atoms in total. The van der Waals surface area contributed by atoms with Crippen LogP contribution < -0.4 is 5.73 Å². The van der Waals surface area contributed by atoms with Crippen LogP contribution in [0.15, 0.2) is 30.3 Å². The number of hydrogen-bond acceptors (Lipinski definition) is 3. The molecular weight excluding hydrogens is 252 g/mol. The summed E-state index contributed by atoms with van der Waals surface area (Å²) in [7, 11) is 0. The lowest BCUT2D eigenvalue weighted by atomic mass is 9.89. The van der Waals surface area contributed by atoms with Gasteiger partial charge in [0.15, 0.2) is 0 Å². The van der Waals surface area contributed by atoms with Gasteiger partial charge < -0.3 is 15.4 Å². The summed E-state index contributed by atoms with van der Waals surface area (Å²) in [5, 5.41) is 0. The fourth-order valence-corrected chi connectivity index (χ4v) is 2.77. The third-order valence-electron chi connectivity index (χ3n) is 4.26. The van der Waals surface area contributed by atoms with Crippen molar-refractivity contribution in [2.75, 3.05) is 13.2 Å². The van der Waals surface area contributed by atoms with Crippen molar-refractivity contribution in [3.8, 4) is 0 Å². The van der Waals surface area contributed by atoms with Crippen LogP contribution in [0.4, 0.5) is 0 Å². The Kier molecular flexibility index (Phi) is 3.76. The van der Waals surface area contributed by atoms with Crippen LogP contribution in [-0.2, 0) is 16.1 Å². The van der Waals surface area contributed by atoms with Crippen LogP contribution in [-0.4, -0.2) is 35.6 Å². The minimum atomic E-state index is -0.727. The number of carbonyl (C=O) groups is 1. The summed E-state index contributed by atoms with van der Waals surface area (Å²) in [4.78, 5) is 14.8. The largest absolute Gasteiger partial charge is 0.381 e. The van der Waals surface area contributed by atoms with Crippen LogP contribution in [0.2, 0.25) is 0 Å². The normalized spacial score (nSPS) is 21.4. The Balaban J connectivity index is 1.75. The van der Waals surface area contributed by atoms with Gasteiger partial charge in [0.1, 0.15) is 0 Å². The summed E-state index contributed by atoms with van der Waals surface area (Å²) >= 11 is 0. The maximum atomic E-state index is 12.9. The van der Waals surface area contributed by atoms with Crippen LogP contribution in [0.1, 0.15) is 31.2 Å². The number of benzene rings is 1. The van der Waals surface area contributed by atoms with E-state index in [0.717, 1.165) is 12.8 Å². The quantitative estimate of drug-likeness (QED) is 0.909. The Morgan fingerprint density at radius 3 is 2.50 bits per heavy atom. The highest BCUT2D eigenvalue weighted by Crippen LogP contribution is 2.32. The average Bonchev–Trinajstić information content (AvgIpc) is 3.30. The molecule has 2 N–H and O–H groups in total. The van der Waals surface area contributed by atoms with Gasteiger partial charge in [-0.05, 0) is 31.2 Å². The second-order valence-corrected chi connectivity index (χ2v) is 5.92. The Hall–Kier alpha value is -1.39. The summed E-state index contributed by atoms with van der Waals surface area (Å²) < 4.78 is 5.34. The molecule has 2 aliphatic rings. The van der Waals surface area contributed by atoms with Gasteiger partial charge in [0, 0.05) is 25.8 Å². The lowest BCUT2D eigenvalue weighted by Crippen LogP contribution is -2.58. The van der Waals surface area contributed by atoms with E-state index < -0.39 is 5.54 Å². The van der Waals surface area contributed by atoms with E-state index in [4.69, 9.17) is 10.5 Å². The molecular formula is C16H22N2O2. The van der Waals surface area contributed by atoms with Gasteiger partial charge in [-0.3, -0.25) is 4.79 Å². The molecule has 0 unspecified atom stereocenters. The summed E-state index contributed by atoms with van der Waals surface area (Å²) in [5.74, 6) is 0.104. The topological polar surface area (TPSA) is 55.6 Å². The predicted molar refractivity (Wildman–Crippen MR) is 77.0 cm³/mol. The fourth-order valence-electron chi connectivity index (χ4n) is 2.77. The summed E-state index contributed by atoms with van der Waals surface area (Å²) in [5.41, 5.74) is 6.79. The molecule has 1 saturated carbocycles. The van der Waals surface area contributed by atoms with Crippen molar-refractivity contribution in [3.05, 3.63) is 35.9 Å². The molecule has 0 atom stereocenters. The van der Waals surface area contributed by atoms with Crippen molar-refractivity contribution in [1.29, 1.82) is 0 Å². The standard InChI is InChI=1S/C16H22N2O2/c17-16(8-10-20-11-9-16)15(19)18(14-6-7-14)12-13-4-2-1-3-5-13/h1-5,14H,6-12,17H2. The van der Waals surface area contributed by atoms with E-state index in [1.165, 1.54) is 5.56 Å². The zero-order valence-corrected chi connectivity index (χ0v) is 11.8. The SMILES string of the molecule is NC1(C(=O)N(Cc2ccccc2)C2CC2)CCOCC1. The first-order valence-corrected chi connectivity index (χ1v) is 7.41. The van der Waals surface area contributed by atoms with Gasteiger partial charge in [-0.25, -0.2) is 0 Å². The molecule has 1 saturated heterocycles. The summed E-state index contributed by atoms with van der Waals surface area (Å²) in [6.45, 7) is 1.85. The Labute approximate surface area is 119 Å². The molecule has 4 heteroatoms. The minimum absolute atomic E-state index is 0.104. The van der Waals surface area contributed by atoms with Crippen LogP contribution in [0.3, 0.4) is 0 Å². The average molecular weight is 274 g/mol. The van der Waals surface area contributed by atoms with Crippen LogP contribution in [0.25, 0.3) is 0 Å². The van der Waals surface area contributed by atoms with Gasteiger partial charge in [-0.1, -0.05) is 30.3 Å². The van der Waals surface area contributed by atoms with Gasteiger partial charge >= 0.3 is 0 Å². The van der Waals surface area contributed by atoms with Crippen molar-refractivity contribution in [1.82, 2.24) is 4.90 Å². The monoisotopic (exact) mass is 274 g/mol. The van der Waals surface area contributed by atoms with E-state index in [1.54, 1.807) is 0 Å². The van der Waals surface area contributed by atoms with E-state index in [-0.39, 0.29) is 5.91 Å². The molecule has 0 bridgehead atoms. The van der Waals surface area contributed by atoms with E-state index >= 15 is 0 Å². The number of rotatable bonds is 4. The molecule has 0 spiro atoms. The first-order valence-electron chi connectivity index (χ1n) is 7.41. The lowest BCUT2D eigenvalue weighted by molar-refractivity contribution is -0.141. The van der Waals surface area contributed by atoms with Crippen molar-refractivity contribution in [2.45, 2.75) is 43.8 Å². The second-order valence-electron chi connectivity index (χ2n) is 5.92. The minimum Gasteiger partial charge on any atom is -0.381 e. The number of carbonyl (C=O) groups excluding carboxylic acids is 1. The number of ether oxygens (including phenoxy) is 1. The highest BCUT2D eigenvalue weighted by Gasteiger charge is 2.43. The molecule has 1 aromatic rings. The van der Waals surface area contributed by atoms with Gasteiger partial charge in [0.05, 0.1) is 5.54 Å². The number of hydrogen-bond donors (Lipinski definition) is 1. The highest BCUT2D eigenvalue weighted by molar-refractivity contribution is 5.86. The van der Waals surface area contributed by atoms with E-state index in [1.807, 2.05) is 23.1 Å². The molecule has 3 rings (SSSR count). The number of amides is 1. The predicted octanol–water partition coefficient (Wildman–Crippen LogP) is 1.69. The molecule has 1 amide bonds. The number of nitrogens with zero attached hydrogens (tertiary/aromatic N) is 1. The highest BCUT2D eigenvalue weighted by atomic mass is 16.5. The molecule has 1 heterocycles. The third-order valence-corrected chi connectivity index (χ3v) is 4.26. The molecule has 2 fully saturated rings. The molecule has 0 aromatic heterocycles. The van der Waals surface area contributed by atoms with Crippen molar-refractivity contribution in [3.63, 3.8) is 0 Å². The van der Waals surface area contributed by atoms with Crippen LogP contribution in [0, 0.1) is 0 Å². The van der Waals surface area contributed by atoms with Gasteiger partial charge in [0.2, 0.25) is 5.91 Å². The molecule has 108 valence electrons. The van der Waals surface area contributed by atoms with Crippen LogP contribution >= 0.6 is 0 Å². The van der Waals surface area contributed by atoms with Crippen molar-refractivity contribution in [2.24, 2.45) is 5.73 Å². The van der Waals surface area contributed by atoms with E-state index in [9.17, 15) is 4.79 Å². The number of nitrogens with two attached hydrogens (primary N) is 1. The maximum Gasteiger partial charge on any atom is 0.243 e. The van der Waals surface area contributed by atoms with Crippen molar-refractivity contribution < 1.29 is 9.53 Å². The van der Waals surface area contributed by atoms with Gasteiger partial charge in [0.25, 0.3) is 0 Å². The zero-order valence-electron chi connectivity index (χ0n) is 11.8. The summed E-state index contributed by atoms with van der Waals surface area (Å²) in [6, 6.07) is 10.5. The maximum absolute atomic E-state index is 12.9. The molecule has 20 heavy (non-hydrogen) atoms. The van der Waals surface area contributed by atoms with Gasteiger partial charge in [-0.2, -0.15) is 0 Å². The molecule has 1 aliphatic heterocycles. The molecule has 1 aliphatic carbocycles. The Morgan fingerprint density at radius 1 is 1.25 bits per heavy atom. The second kappa shape index (κ2) is 5.54. The zero-order chi connectivity index (χ0) is 14.0. The molecule has 1 aromatic carbocycles. The van der Waals surface area contributed by atoms with Crippen molar-refractivity contribution >= 4 is 5.91 Å². The van der Waals surface area contributed by atoms with E-state index in [0.29, 0.717) is 38.6 Å². The Morgan fingerprint density at radius 2 is 1.90 bits per heavy atom. The summed E-state index contributed by atoms with van der Waals surface area (Å²) in [6.07, 6.45) is 3.46. The smallest absolute Gasteiger partial charge is 0.243 e. The lowest BCUT2D eigenvalue weighted by Gasteiger charge is -2.37. The third kappa shape index (κ3) is 2.86. The first kappa shape index (κ1) is 13.6.